The van der Waals surface area contributed by atoms with E-state index in [1.54, 1.807) is 0 Å². The first-order valence-electron chi connectivity index (χ1n) is 9.18. The van der Waals surface area contributed by atoms with Crippen molar-refractivity contribution in [2.24, 2.45) is 4.99 Å². The topological polar surface area (TPSA) is 51.8 Å². The largest absolute Gasteiger partial charge is 0.466 e. The van der Waals surface area contributed by atoms with E-state index in [9.17, 15) is 4.79 Å². The molecule has 0 unspecified atom stereocenters. The van der Waals surface area contributed by atoms with Crippen LogP contribution in [0.25, 0.3) is 5.57 Å². The Hall–Kier alpha value is -2.88. The number of hydrogen-bond acceptors (Lipinski definition) is 4. The van der Waals surface area contributed by atoms with Crippen molar-refractivity contribution in [1.29, 1.82) is 0 Å². The molecule has 1 saturated heterocycles. The third-order valence-electron chi connectivity index (χ3n) is 4.77. The number of benzene rings is 1. The third kappa shape index (κ3) is 3.52. The molecule has 1 fully saturated rings. The number of ether oxygens (including phenoxy) is 1. The lowest BCUT2D eigenvalue weighted by Gasteiger charge is -2.07. The van der Waals surface area contributed by atoms with Crippen LogP contribution >= 0.6 is 0 Å². The molecular formula is C23H25NO3. The Morgan fingerprint density at radius 3 is 2.37 bits per heavy atom. The minimum absolute atomic E-state index is 0.366. The standard InChI is InChI=1S/C23H25NO3/c1-7-17-10-8-9-11-19(17)24-22-20(13(2)3)21(23(25)27-22)15(5)18-12-14(4)26-16(18)6/h8-12H,7H2,1-6H3. The Bertz CT molecular complexity index is 998. The average molecular weight is 363 g/mol. The van der Waals surface area contributed by atoms with Gasteiger partial charge in [-0.1, -0.05) is 30.7 Å². The van der Waals surface area contributed by atoms with Gasteiger partial charge in [-0.3, -0.25) is 0 Å². The number of hydrogen-bond donors (Lipinski definition) is 0. The number of aryl methyl sites for hydroxylation is 3. The first-order chi connectivity index (χ1) is 12.8. The molecule has 2 aromatic rings. The Morgan fingerprint density at radius 1 is 1.07 bits per heavy atom. The van der Waals surface area contributed by atoms with Gasteiger partial charge < -0.3 is 9.15 Å². The van der Waals surface area contributed by atoms with Gasteiger partial charge in [0.25, 0.3) is 0 Å². The van der Waals surface area contributed by atoms with E-state index in [4.69, 9.17) is 14.1 Å². The molecule has 0 atom stereocenters. The van der Waals surface area contributed by atoms with Crippen molar-refractivity contribution in [3.05, 3.63) is 69.7 Å². The fourth-order valence-electron chi connectivity index (χ4n) is 3.45. The molecular weight excluding hydrogens is 338 g/mol. The van der Waals surface area contributed by atoms with E-state index in [2.05, 4.69) is 6.92 Å². The molecule has 140 valence electrons. The second-order valence-corrected chi connectivity index (χ2v) is 6.99. The van der Waals surface area contributed by atoms with Gasteiger partial charge in [0.2, 0.25) is 5.90 Å². The molecule has 0 bridgehead atoms. The zero-order chi connectivity index (χ0) is 19.7. The van der Waals surface area contributed by atoms with Crippen molar-refractivity contribution < 1.29 is 13.9 Å². The van der Waals surface area contributed by atoms with E-state index in [1.165, 1.54) is 0 Å². The summed E-state index contributed by atoms with van der Waals surface area (Å²) in [5.74, 6) is 1.61. The van der Waals surface area contributed by atoms with E-state index >= 15 is 0 Å². The van der Waals surface area contributed by atoms with Crippen LogP contribution in [-0.4, -0.2) is 11.9 Å². The molecule has 4 nitrogen and oxygen atoms in total. The first kappa shape index (κ1) is 18.9. The number of cyclic esters (lactones) is 1. The van der Waals surface area contributed by atoms with Crippen molar-refractivity contribution in [2.45, 2.75) is 48.0 Å². The maximum Gasteiger partial charge on any atom is 0.345 e. The number of carbonyl (C=O) groups is 1. The zero-order valence-corrected chi connectivity index (χ0v) is 16.8. The quantitative estimate of drug-likeness (QED) is 0.507. The number of nitrogens with zero attached hydrogens (tertiary/aromatic N) is 1. The number of allylic oxidation sites excluding steroid dienone is 2. The summed E-state index contributed by atoms with van der Waals surface area (Å²) in [6.07, 6.45) is 0.861. The van der Waals surface area contributed by atoms with Crippen LogP contribution < -0.4 is 0 Å². The van der Waals surface area contributed by atoms with Crippen LogP contribution in [0.5, 0.6) is 0 Å². The van der Waals surface area contributed by atoms with Crippen molar-refractivity contribution >= 4 is 23.1 Å². The van der Waals surface area contributed by atoms with E-state index in [-0.39, 0.29) is 5.97 Å². The van der Waals surface area contributed by atoms with Crippen molar-refractivity contribution in [2.75, 3.05) is 0 Å². The third-order valence-corrected chi connectivity index (χ3v) is 4.77. The van der Waals surface area contributed by atoms with Crippen LogP contribution in [0.3, 0.4) is 0 Å². The van der Waals surface area contributed by atoms with Gasteiger partial charge in [0.1, 0.15) is 11.5 Å². The van der Waals surface area contributed by atoms with Crippen molar-refractivity contribution in [3.8, 4) is 0 Å². The fraction of sp³-hybridized carbons (Fsp3) is 0.304. The molecule has 0 aliphatic carbocycles. The molecule has 3 rings (SSSR count). The van der Waals surface area contributed by atoms with Gasteiger partial charge in [0.15, 0.2) is 0 Å². The highest BCUT2D eigenvalue weighted by Gasteiger charge is 2.35. The highest BCUT2D eigenvalue weighted by Crippen LogP contribution is 2.36. The van der Waals surface area contributed by atoms with Gasteiger partial charge in [0, 0.05) is 5.56 Å². The number of esters is 1. The Labute approximate surface area is 160 Å². The fourth-order valence-corrected chi connectivity index (χ4v) is 3.45. The highest BCUT2D eigenvalue weighted by molar-refractivity contribution is 6.24. The smallest absolute Gasteiger partial charge is 0.345 e. The lowest BCUT2D eigenvalue weighted by atomic mass is 9.94. The summed E-state index contributed by atoms with van der Waals surface area (Å²) in [5.41, 5.74) is 6.03. The van der Waals surface area contributed by atoms with Gasteiger partial charge >= 0.3 is 5.97 Å². The number of aliphatic imine (C=N–C) groups is 1. The second-order valence-electron chi connectivity index (χ2n) is 6.99. The summed E-state index contributed by atoms with van der Waals surface area (Å²) < 4.78 is 11.3. The van der Waals surface area contributed by atoms with Gasteiger partial charge in [0.05, 0.1) is 16.8 Å². The molecule has 0 N–H and O–H groups in total. The van der Waals surface area contributed by atoms with Crippen LogP contribution in [-0.2, 0) is 16.0 Å². The SMILES string of the molecule is CCc1ccccc1N=C1OC(=O)C(=C(C)c2cc(C)oc2C)C1=C(C)C. The molecule has 0 spiro atoms. The minimum atomic E-state index is -0.366. The summed E-state index contributed by atoms with van der Waals surface area (Å²) in [7, 11) is 0. The van der Waals surface area contributed by atoms with Gasteiger partial charge in [-0.15, -0.1) is 0 Å². The summed E-state index contributed by atoms with van der Waals surface area (Å²) in [4.78, 5) is 17.4. The van der Waals surface area contributed by atoms with Crippen LogP contribution in [0.15, 0.2) is 56.5 Å². The normalized spacial score (nSPS) is 17.5. The molecule has 27 heavy (non-hydrogen) atoms. The number of carbonyl (C=O) groups excluding carboxylic acids is 1. The highest BCUT2D eigenvalue weighted by atomic mass is 16.5. The molecule has 1 aromatic heterocycles. The monoisotopic (exact) mass is 363 g/mol. The Kier molecular flexibility index (Phi) is 5.17. The molecule has 1 aliphatic heterocycles. The summed E-state index contributed by atoms with van der Waals surface area (Å²) in [5, 5.41) is 0. The van der Waals surface area contributed by atoms with Gasteiger partial charge in [-0.25, -0.2) is 9.79 Å². The lowest BCUT2D eigenvalue weighted by molar-refractivity contribution is -0.129. The molecule has 0 radical (unpaired) electrons. The van der Waals surface area contributed by atoms with Crippen LogP contribution in [0.2, 0.25) is 0 Å². The summed E-state index contributed by atoms with van der Waals surface area (Å²) in [6, 6.07) is 9.87. The Morgan fingerprint density at radius 2 is 1.78 bits per heavy atom. The van der Waals surface area contributed by atoms with Crippen molar-refractivity contribution in [1.82, 2.24) is 0 Å². The van der Waals surface area contributed by atoms with E-state index in [1.807, 2.05) is 65.0 Å². The number of para-hydroxylation sites is 1. The average Bonchev–Trinajstić information content (AvgIpc) is 3.13. The van der Waals surface area contributed by atoms with Crippen LogP contribution in [0, 0.1) is 13.8 Å². The number of rotatable bonds is 3. The van der Waals surface area contributed by atoms with Gasteiger partial charge in [-0.05, 0) is 64.3 Å². The van der Waals surface area contributed by atoms with Gasteiger partial charge in [-0.2, -0.15) is 0 Å². The minimum Gasteiger partial charge on any atom is -0.466 e. The lowest BCUT2D eigenvalue weighted by Crippen LogP contribution is -2.00. The predicted octanol–water partition coefficient (Wildman–Crippen LogP) is 5.86. The molecule has 0 saturated carbocycles. The van der Waals surface area contributed by atoms with Crippen molar-refractivity contribution in [3.63, 3.8) is 0 Å². The number of furan rings is 1. The zero-order valence-electron chi connectivity index (χ0n) is 16.8. The van der Waals surface area contributed by atoms with E-state index in [0.717, 1.165) is 51.5 Å². The molecule has 4 heteroatoms. The molecule has 1 aromatic carbocycles. The first-order valence-corrected chi connectivity index (χ1v) is 9.18. The summed E-state index contributed by atoms with van der Waals surface area (Å²) >= 11 is 0. The predicted molar refractivity (Wildman–Crippen MR) is 108 cm³/mol. The van der Waals surface area contributed by atoms with Crippen LogP contribution in [0.4, 0.5) is 5.69 Å². The van der Waals surface area contributed by atoms with Crippen LogP contribution in [0.1, 0.15) is 50.3 Å². The van der Waals surface area contributed by atoms with E-state index < -0.39 is 0 Å². The summed E-state index contributed by atoms with van der Waals surface area (Å²) in [6.45, 7) is 11.8. The molecule has 1 aliphatic rings. The van der Waals surface area contributed by atoms with E-state index in [0.29, 0.717) is 11.5 Å². The molecule has 2 heterocycles. The Balaban J connectivity index is 2.18. The molecule has 0 amide bonds. The second kappa shape index (κ2) is 7.39. The maximum absolute atomic E-state index is 12.8. The maximum atomic E-state index is 12.8.